The minimum Gasteiger partial charge on any atom is -0.292 e. The molecule has 0 heterocycles. The second kappa shape index (κ2) is 6.19. The van der Waals surface area contributed by atoms with Gasteiger partial charge in [-0.3, -0.25) is 4.79 Å². The van der Waals surface area contributed by atoms with E-state index in [1.54, 1.807) is 18.2 Å². The number of nitrogens with zero attached hydrogens (tertiary/aromatic N) is 1. The number of rotatable bonds is 3. The van der Waals surface area contributed by atoms with E-state index in [1.807, 2.05) is 26.0 Å². The zero-order valence-electron chi connectivity index (χ0n) is 11.7. The molecule has 1 unspecified atom stereocenters. The van der Waals surface area contributed by atoms with Crippen molar-refractivity contribution < 1.29 is 9.18 Å². The van der Waals surface area contributed by atoms with E-state index in [0.29, 0.717) is 10.0 Å². The molecule has 2 aromatic carbocycles. The predicted molar refractivity (Wildman–Crippen MR) is 82.7 cm³/mol. The van der Waals surface area contributed by atoms with Gasteiger partial charge in [0.1, 0.15) is 11.7 Å². The first-order chi connectivity index (χ1) is 9.95. The van der Waals surface area contributed by atoms with Gasteiger partial charge in [0.2, 0.25) is 0 Å². The van der Waals surface area contributed by atoms with Crippen molar-refractivity contribution in [1.29, 1.82) is 5.26 Å². The van der Waals surface area contributed by atoms with E-state index in [-0.39, 0.29) is 5.56 Å². The minimum atomic E-state index is -1.02. The van der Waals surface area contributed by atoms with Crippen LogP contribution in [0.1, 0.15) is 33.0 Å². The Morgan fingerprint density at radius 1 is 1.24 bits per heavy atom. The predicted octanol–water partition coefficient (Wildman–Crippen LogP) is 4.70. The van der Waals surface area contributed by atoms with Crippen molar-refractivity contribution in [3.05, 3.63) is 68.9 Å². The number of hydrogen-bond acceptors (Lipinski definition) is 2. The average Bonchev–Trinajstić information content (AvgIpc) is 2.43. The summed E-state index contributed by atoms with van der Waals surface area (Å²) >= 11 is 3.17. The molecule has 0 saturated heterocycles. The third kappa shape index (κ3) is 3.03. The highest BCUT2D eigenvalue weighted by Crippen LogP contribution is 2.28. The summed E-state index contributed by atoms with van der Waals surface area (Å²) in [5.41, 5.74) is 2.58. The van der Waals surface area contributed by atoms with Gasteiger partial charge in [-0.15, -0.1) is 0 Å². The lowest BCUT2D eigenvalue weighted by Crippen LogP contribution is -2.14. The second-order valence-electron chi connectivity index (χ2n) is 4.87. The van der Waals surface area contributed by atoms with Gasteiger partial charge in [0.15, 0.2) is 5.78 Å². The number of Topliss-reactive ketones (excluding diaryl/α,β-unsaturated/α-hetero) is 1. The zero-order chi connectivity index (χ0) is 15.6. The summed E-state index contributed by atoms with van der Waals surface area (Å²) in [6, 6.07) is 11.7. The van der Waals surface area contributed by atoms with E-state index in [9.17, 15) is 14.4 Å². The first kappa shape index (κ1) is 15.4. The maximum absolute atomic E-state index is 13.9. The fourth-order valence-corrected chi connectivity index (χ4v) is 2.64. The molecule has 0 aliphatic heterocycles. The Morgan fingerprint density at radius 3 is 2.52 bits per heavy atom. The number of halogens is 2. The lowest BCUT2D eigenvalue weighted by Gasteiger charge is -2.12. The smallest absolute Gasteiger partial charge is 0.188 e. The van der Waals surface area contributed by atoms with Gasteiger partial charge in [0.05, 0.1) is 11.6 Å². The molecule has 1 atom stereocenters. The summed E-state index contributed by atoms with van der Waals surface area (Å²) < 4.78 is 14.3. The van der Waals surface area contributed by atoms with Crippen LogP contribution in [0.2, 0.25) is 0 Å². The molecule has 0 aromatic heterocycles. The Labute approximate surface area is 131 Å². The number of nitriles is 1. The van der Waals surface area contributed by atoms with Gasteiger partial charge in [-0.1, -0.05) is 24.3 Å². The molecule has 106 valence electrons. The van der Waals surface area contributed by atoms with Crippen molar-refractivity contribution in [2.75, 3.05) is 0 Å². The highest BCUT2D eigenvalue weighted by Gasteiger charge is 2.26. The van der Waals surface area contributed by atoms with Crippen LogP contribution in [0, 0.1) is 31.0 Å². The monoisotopic (exact) mass is 345 g/mol. The van der Waals surface area contributed by atoms with Crippen molar-refractivity contribution in [1.82, 2.24) is 0 Å². The molecule has 0 N–H and O–H groups in total. The van der Waals surface area contributed by atoms with Crippen LogP contribution in [0.15, 0.2) is 40.9 Å². The molecule has 0 amide bonds. The van der Waals surface area contributed by atoms with Gasteiger partial charge in [-0.25, -0.2) is 4.39 Å². The quantitative estimate of drug-likeness (QED) is 0.756. The van der Waals surface area contributed by atoms with Gasteiger partial charge < -0.3 is 0 Å². The highest BCUT2D eigenvalue weighted by atomic mass is 79.9. The summed E-state index contributed by atoms with van der Waals surface area (Å²) in [4.78, 5) is 12.5. The van der Waals surface area contributed by atoms with Gasteiger partial charge in [-0.05, 0) is 58.6 Å². The number of carbonyl (C=O) groups is 1. The lowest BCUT2D eigenvalue weighted by atomic mass is 9.90. The summed E-state index contributed by atoms with van der Waals surface area (Å²) in [6.45, 7) is 3.87. The van der Waals surface area contributed by atoms with Crippen molar-refractivity contribution >= 4 is 21.7 Å². The Hall–Kier alpha value is -1.99. The molecule has 4 heteroatoms. The second-order valence-corrected chi connectivity index (χ2v) is 5.72. The Bertz CT molecular complexity index is 729. The van der Waals surface area contributed by atoms with Crippen LogP contribution in [0.3, 0.4) is 0 Å². The third-order valence-electron chi connectivity index (χ3n) is 3.46. The van der Waals surface area contributed by atoms with Gasteiger partial charge >= 0.3 is 0 Å². The third-order valence-corrected chi connectivity index (χ3v) is 4.13. The standard InChI is InChI=1S/C17H13BrFNO/c1-10-6-7-12(8-11(10)2)13(9-20)17(21)16-14(18)4-3-5-15(16)19/h3-8,13H,1-2H3. The fraction of sp³-hybridized carbons (Fsp3) is 0.176. The van der Waals surface area contributed by atoms with Gasteiger partial charge in [0.25, 0.3) is 0 Å². The molecule has 0 bridgehead atoms. The highest BCUT2D eigenvalue weighted by molar-refractivity contribution is 9.10. The van der Waals surface area contributed by atoms with E-state index in [2.05, 4.69) is 15.9 Å². The Balaban J connectivity index is 2.49. The van der Waals surface area contributed by atoms with Crippen molar-refractivity contribution in [2.45, 2.75) is 19.8 Å². The number of hydrogen-bond donors (Lipinski definition) is 0. The van der Waals surface area contributed by atoms with Crippen LogP contribution in [0.5, 0.6) is 0 Å². The fourth-order valence-electron chi connectivity index (χ4n) is 2.11. The van der Waals surface area contributed by atoms with Crippen molar-refractivity contribution in [2.24, 2.45) is 0 Å². The maximum atomic E-state index is 13.9. The molecular weight excluding hydrogens is 333 g/mol. The molecular formula is C17H13BrFNO. The molecule has 2 nitrogen and oxygen atoms in total. The summed E-state index contributed by atoms with van der Waals surface area (Å²) in [5, 5.41) is 9.34. The van der Waals surface area contributed by atoms with Crippen molar-refractivity contribution in [3.63, 3.8) is 0 Å². The molecule has 0 spiro atoms. The molecule has 0 aliphatic carbocycles. The van der Waals surface area contributed by atoms with Crippen molar-refractivity contribution in [3.8, 4) is 6.07 Å². The molecule has 2 aromatic rings. The molecule has 2 rings (SSSR count). The summed E-state index contributed by atoms with van der Waals surface area (Å²) in [7, 11) is 0. The number of carbonyl (C=O) groups excluding carboxylic acids is 1. The van der Waals surface area contributed by atoms with E-state index in [0.717, 1.165) is 11.1 Å². The summed E-state index contributed by atoms with van der Waals surface area (Å²) in [6.07, 6.45) is 0. The average molecular weight is 346 g/mol. The van der Waals surface area contributed by atoms with E-state index < -0.39 is 17.5 Å². The van der Waals surface area contributed by atoms with E-state index in [4.69, 9.17) is 0 Å². The SMILES string of the molecule is Cc1ccc(C(C#N)C(=O)c2c(F)cccc2Br)cc1C. The number of benzene rings is 2. The molecule has 0 fully saturated rings. The molecule has 21 heavy (non-hydrogen) atoms. The Kier molecular flexibility index (Phi) is 4.54. The van der Waals surface area contributed by atoms with Gasteiger partial charge in [-0.2, -0.15) is 5.26 Å². The van der Waals surface area contributed by atoms with Crippen LogP contribution in [-0.2, 0) is 0 Å². The van der Waals surface area contributed by atoms with Crippen LogP contribution < -0.4 is 0 Å². The van der Waals surface area contributed by atoms with Crippen LogP contribution in [-0.4, -0.2) is 5.78 Å². The van der Waals surface area contributed by atoms with Crippen LogP contribution >= 0.6 is 15.9 Å². The van der Waals surface area contributed by atoms with Gasteiger partial charge in [0, 0.05) is 4.47 Å². The lowest BCUT2D eigenvalue weighted by molar-refractivity contribution is 0.0974. The maximum Gasteiger partial charge on any atom is 0.188 e. The normalized spacial score (nSPS) is 11.8. The number of aryl methyl sites for hydroxylation is 2. The van der Waals surface area contributed by atoms with Crippen LogP contribution in [0.4, 0.5) is 4.39 Å². The van der Waals surface area contributed by atoms with E-state index >= 15 is 0 Å². The first-order valence-electron chi connectivity index (χ1n) is 6.40. The summed E-state index contributed by atoms with van der Waals surface area (Å²) in [5.74, 6) is -2.18. The first-order valence-corrected chi connectivity index (χ1v) is 7.20. The minimum absolute atomic E-state index is 0.0812. The van der Waals surface area contributed by atoms with Crippen LogP contribution in [0.25, 0.3) is 0 Å². The Morgan fingerprint density at radius 2 is 1.95 bits per heavy atom. The van der Waals surface area contributed by atoms with E-state index in [1.165, 1.54) is 12.1 Å². The topological polar surface area (TPSA) is 40.9 Å². The zero-order valence-corrected chi connectivity index (χ0v) is 13.2. The molecule has 0 aliphatic rings. The largest absolute Gasteiger partial charge is 0.292 e. The molecule has 0 saturated carbocycles. The molecule has 0 radical (unpaired) electrons. The number of ketones is 1.